The van der Waals surface area contributed by atoms with Gasteiger partial charge in [0.05, 0.1) is 26.9 Å². The van der Waals surface area contributed by atoms with E-state index in [4.69, 9.17) is 14.6 Å². The van der Waals surface area contributed by atoms with Gasteiger partial charge in [-0.05, 0) is 0 Å². The van der Waals surface area contributed by atoms with Crippen LogP contribution in [0.1, 0.15) is 0 Å². The summed E-state index contributed by atoms with van der Waals surface area (Å²) in [7, 11) is 2.81. The van der Waals surface area contributed by atoms with Crippen molar-refractivity contribution in [1.29, 1.82) is 0 Å². The monoisotopic (exact) mass is 265 g/mol. The van der Waals surface area contributed by atoms with E-state index < -0.39 is 18.4 Å². The number of carbonyl (C=O) groups excluding carboxylic acids is 1. The molecule has 0 atom stereocenters. The van der Waals surface area contributed by atoms with Crippen molar-refractivity contribution in [3.8, 4) is 0 Å². The first-order valence-electron chi connectivity index (χ1n) is 5.33. The fourth-order valence-electron chi connectivity index (χ4n) is 1.07. The largest absolute Gasteiger partial charge is 0.480 e. The molecule has 8 heteroatoms. The molecule has 8 nitrogen and oxygen atoms in total. The third-order valence-corrected chi connectivity index (χ3v) is 1.92. The van der Waals surface area contributed by atoms with Crippen LogP contribution >= 0.6 is 0 Å². The van der Waals surface area contributed by atoms with E-state index >= 15 is 0 Å². The highest BCUT2D eigenvalue weighted by atomic mass is 17.2. The molecule has 0 aliphatic carbocycles. The highest BCUT2D eigenvalue weighted by molar-refractivity contribution is 5.82. The molecule has 1 N–H and O–H groups in total. The van der Waals surface area contributed by atoms with Crippen molar-refractivity contribution in [2.24, 2.45) is 0 Å². The number of rotatable bonds is 11. The average Bonchev–Trinajstić information content (AvgIpc) is 2.33. The Balaban J connectivity index is 3.98. The predicted molar refractivity (Wildman–Crippen MR) is 59.9 cm³/mol. The predicted octanol–water partition coefficient (Wildman–Crippen LogP) is -0.859. The Kier molecular flexibility index (Phi) is 10.2. The number of hydrogen-bond acceptors (Lipinski definition) is 6. The molecule has 0 aromatic rings. The molecule has 0 aliphatic heterocycles. The molecule has 0 saturated heterocycles. The van der Waals surface area contributed by atoms with E-state index in [1.165, 1.54) is 7.11 Å². The fourth-order valence-corrected chi connectivity index (χ4v) is 1.07. The van der Waals surface area contributed by atoms with Gasteiger partial charge < -0.3 is 19.5 Å². The maximum Gasteiger partial charge on any atom is 0.323 e. The van der Waals surface area contributed by atoms with E-state index in [1.54, 1.807) is 7.11 Å². The number of methoxy groups -OCH3 is 1. The SMILES string of the molecule is COCCOCCN(CC(=O)O)C(=O)COOC. The summed E-state index contributed by atoms with van der Waals surface area (Å²) in [5, 5.41) is 8.67. The summed E-state index contributed by atoms with van der Waals surface area (Å²) >= 11 is 0. The van der Waals surface area contributed by atoms with Gasteiger partial charge in [-0.1, -0.05) is 0 Å². The lowest BCUT2D eigenvalue weighted by atomic mass is 10.4. The van der Waals surface area contributed by atoms with Gasteiger partial charge in [-0.15, -0.1) is 0 Å². The van der Waals surface area contributed by atoms with Crippen LogP contribution in [0.5, 0.6) is 0 Å². The van der Waals surface area contributed by atoms with Crippen LogP contribution < -0.4 is 0 Å². The standard InChI is InChI=1S/C10H19NO7/c1-15-5-6-17-4-3-11(7-10(13)14)9(12)8-18-16-2/h3-8H2,1-2H3,(H,13,14). The Morgan fingerprint density at radius 3 is 2.44 bits per heavy atom. The third kappa shape index (κ3) is 8.88. The lowest BCUT2D eigenvalue weighted by molar-refractivity contribution is -0.269. The van der Waals surface area contributed by atoms with Crippen molar-refractivity contribution < 1.29 is 33.9 Å². The van der Waals surface area contributed by atoms with Crippen LogP contribution in [0.25, 0.3) is 0 Å². The number of carboxylic acid groups (broad SMARTS) is 1. The van der Waals surface area contributed by atoms with E-state index in [2.05, 4.69) is 9.78 Å². The van der Waals surface area contributed by atoms with Crippen LogP contribution in [-0.2, 0) is 28.8 Å². The van der Waals surface area contributed by atoms with E-state index in [0.717, 1.165) is 4.90 Å². The minimum Gasteiger partial charge on any atom is -0.480 e. The maximum atomic E-state index is 11.5. The Bertz CT molecular complexity index is 246. The van der Waals surface area contributed by atoms with Gasteiger partial charge in [0.2, 0.25) is 0 Å². The topological polar surface area (TPSA) is 94.5 Å². The number of ether oxygens (including phenoxy) is 2. The first-order valence-corrected chi connectivity index (χ1v) is 5.33. The van der Waals surface area contributed by atoms with Gasteiger partial charge in [-0.25, -0.2) is 9.78 Å². The van der Waals surface area contributed by atoms with Gasteiger partial charge >= 0.3 is 5.97 Å². The van der Waals surface area contributed by atoms with E-state index in [9.17, 15) is 9.59 Å². The summed E-state index contributed by atoms with van der Waals surface area (Å²) in [6.45, 7) is 0.499. The first-order chi connectivity index (χ1) is 8.61. The molecule has 0 bridgehead atoms. The highest BCUT2D eigenvalue weighted by Crippen LogP contribution is 1.93. The van der Waals surface area contributed by atoms with Gasteiger partial charge in [0, 0.05) is 13.7 Å². The van der Waals surface area contributed by atoms with Gasteiger partial charge in [0.15, 0.2) is 6.61 Å². The fraction of sp³-hybridized carbons (Fsp3) is 0.800. The lowest BCUT2D eigenvalue weighted by Gasteiger charge is -2.20. The summed E-state index contributed by atoms with van der Waals surface area (Å²) in [6.07, 6.45) is 0. The second-order valence-corrected chi connectivity index (χ2v) is 3.24. The van der Waals surface area contributed by atoms with Crippen molar-refractivity contribution in [3.05, 3.63) is 0 Å². The van der Waals surface area contributed by atoms with Crippen LogP contribution in [0.15, 0.2) is 0 Å². The third-order valence-electron chi connectivity index (χ3n) is 1.92. The van der Waals surface area contributed by atoms with Gasteiger partial charge in [0.25, 0.3) is 5.91 Å². The zero-order valence-corrected chi connectivity index (χ0v) is 10.6. The van der Waals surface area contributed by atoms with Crippen LogP contribution in [0, 0.1) is 0 Å². The molecule has 0 saturated carbocycles. The minimum absolute atomic E-state index is 0.169. The second-order valence-electron chi connectivity index (χ2n) is 3.24. The summed E-state index contributed by atoms with van der Waals surface area (Å²) in [5.74, 6) is -1.58. The summed E-state index contributed by atoms with van der Waals surface area (Å²) in [5.41, 5.74) is 0. The van der Waals surface area contributed by atoms with Crippen molar-refractivity contribution in [1.82, 2.24) is 4.90 Å². The minimum atomic E-state index is -1.10. The summed E-state index contributed by atoms with van der Waals surface area (Å²) < 4.78 is 9.93. The Morgan fingerprint density at radius 2 is 1.89 bits per heavy atom. The van der Waals surface area contributed by atoms with Crippen LogP contribution in [0.3, 0.4) is 0 Å². The van der Waals surface area contributed by atoms with Gasteiger partial charge in [-0.2, -0.15) is 0 Å². The van der Waals surface area contributed by atoms with E-state index in [0.29, 0.717) is 13.2 Å². The summed E-state index contributed by atoms with van der Waals surface area (Å²) in [4.78, 5) is 32.0. The van der Waals surface area contributed by atoms with Crippen molar-refractivity contribution >= 4 is 11.9 Å². The van der Waals surface area contributed by atoms with Crippen LogP contribution in [0.4, 0.5) is 0 Å². The number of nitrogens with zero attached hydrogens (tertiary/aromatic N) is 1. The number of hydrogen-bond donors (Lipinski definition) is 1. The molecule has 1 amide bonds. The van der Waals surface area contributed by atoms with Crippen molar-refractivity contribution in [3.63, 3.8) is 0 Å². The quantitative estimate of drug-likeness (QED) is 0.295. The molecule has 0 aromatic carbocycles. The van der Waals surface area contributed by atoms with Gasteiger partial charge in [0.1, 0.15) is 6.54 Å². The number of carbonyl (C=O) groups is 2. The number of amides is 1. The molecule has 0 rings (SSSR count). The molecule has 0 heterocycles. The van der Waals surface area contributed by atoms with Crippen molar-refractivity contribution in [2.45, 2.75) is 0 Å². The smallest absolute Gasteiger partial charge is 0.323 e. The number of aliphatic carboxylic acids is 1. The zero-order chi connectivity index (χ0) is 13.8. The molecule has 0 spiro atoms. The molecular formula is C10H19NO7. The lowest BCUT2D eigenvalue weighted by Crippen LogP contribution is -2.40. The highest BCUT2D eigenvalue weighted by Gasteiger charge is 2.16. The molecule has 0 unspecified atom stereocenters. The van der Waals surface area contributed by atoms with E-state index in [-0.39, 0.29) is 19.8 Å². The molecule has 0 aliphatic rings. The maximum absolute atomic E-state index is 11.5. The Hall–Kier alpha value is -1.22. The second kappa shape index (κ2) is 10.9. The molecule has 0 fully saturated rings. The first kappa shape index (κ1) is 16.8. The van der Waals surface area contributed by atoms with Gasteiger partial charge in [-0.3, -0.25) is 9.59 Å². The summed E-state index contributed by atoms with van der Waals surface area (Å²) in [6, 6.07) is 0. The molecular weight excluding hydrogens is 246 g/mol. The molecule has 0 aromatic heterocycles. The van der Waals surface area contributed by atoms with E-state index in [1.807, 2.05) is 0 Å². The number of carboxylic acids is 1. The zero-order valence-electron chi connectivity index (χ0n) is 10.6. The van der Waals surface area contributed by atoms with Crippen LogP contribution in [0.2, 0.25) is 0 Å². The Labute approximate surface area is 105 Å². The average molecular weight is 265 g/mol. The van der Waals surface area contributed by atoms with Crippen LogP contribution in [-0.4, -0.2) is 75.6 Å². The normalized spacial score (nSPS) is 10.3. The molecule has 18 heavy (non-hydrogen) atoms. The molecule has 106 valence electrons. The Morgan fingerprint density at radius 1 is 1.17 bits per heavy atom. The molecule has 0 radical (unpaired) electrons. The van der Waals surface area contributed by atoms with Crippen molar-refractivity contribution in [2.75, 3.05) is 53.7 Å².